The van der Waals surface area contributed by atoms with Gasteiger partial charge in [-0.05, 0) is 82.6 Å². The molecule has 0 saturated heterocycles. The Morgan fingerprint density at radius 2 is 1.70 bits per heavy atom. The number of benzene rings is 1. The number of anilines is 2. The summed E-state index contributed by atoms with van der Waals surface area (Å²) in [7, 11) is 4.10. The minimum atomic E-state index is -0.153. The molecule has 0 bridgehead atoms. The van der Waals surface area contributed by atoms with Crippen LogP contribution in [0.1, 0.15) is 65.7 Å². The van der Waals surface area contributed by atoms with Crippen LogP contribution in [0.25, 0.3) is 0 Å². The number of carbonyl (C=O) groups is 1. The fourth-order valence-corrected chi connectivity index (χ4v) is 5.20. The summed E-state index contributed by atoms with van der Waals surface area (Å²) in [5.74, 6) is 2.59. The molecule has 0 atom stereocenters. The number of aryl methyl sites for hydroxylation is 2. The van der Waals surface area contributed by atoms with Gasteiger partial charge in [-0.1, -0.05) is 17.7 Å². The third kappa shape index (κ3) is 6.01. The third-order valence-electron chi connectivity index (χ3n) is 7.23. The van der Waals surface area contributed by atoms with Gasteiger partial charge in [0.1, 0.15) is 17.1 Å². The zero-order valence-corrected chi connectivity index (χ0v) is 22.0. The first kappa shape index (κ1) is 25.0. The lowest BCUT2D eigenvalue weighted by Gasteiger charge is -2.30. The van der Waals surface area contributed by atoms with Crippen molar-refractivity contribution in [3.63, 3.8) is 0 Å². The van der Waals surface area contributed by atoms with Gasteiger partial charge in [-0.3, -0.25) is 4.79 Å². The number of nitrogens with one attached hydrogen (secondary N) is 2. The van der Waals surface area contributed by atoms with Gasteiger partial charge in [0.15, 0.2) is 0 Å². The molecule has 2 aliphatic carbocycles. The fourth-order valence-electron chi connectivity index (χ4n) is 5.20. The number of rotatable bonds is 7. The Hall–Kier alpha value is -3.68. The highest BCUT2D eigenvalue weighted by molar-refractivity contribution is 5.96. The normalized spacial score (nSPS) is 19.0. The molecular formula is C29H36N6O2. The maximum Gasteiger partial charge on any atom is 0.257 e. The second-order valence-electron chi connectivity index (χ2n) is 10.3. The predicted octanol–water partition coefficient (Wildman–Crippen LogP) is 5.07. The Kier molecular flexibility index (Phi) is 7.53. The molecule has 1 aromatic carbocycles. The van der Waals surface area contributed by atoms with Crippen molar-refractivity contribution in [1.29, 1.82) is 0 Å². The van der Waals surface area contributed by atoms with E-state index in [2.05, 4.69) is 20.5 Å². The Balaban J connectivity index is 1.18. The third-order valence-corrected chi connectivity index (χ3v) is 7.23. The molecular weight excluding hydrogens is 464 g/mol. The van der Waals surface area contributed by atoms with Crippen LogP contribution in [-0.2, 0) is 12.8 Å². The number of amides is 1. The number of aromatic nitrogens is 3. The van der Waals surface area contributed by atoms with Crippen LogP contribution in [0, 0.1) is 6.92 Å². The van der Waals surface area contributed by atoms with Crippen LogP contribution in [0.3, 0.4) is 0 Å². The monoisotopic (exact) mass is 500 g/mol. The Bertz CT molecular complexity index is 1240. The van der Waals surface area contributed by atoms with Crippen molar-refractivity contribution in [1.82, 2.24) is 20.3 Å². The molecule has 0 radical (unpaired) electrons. The van der Waals surface area contributed by atoms with Gasteiger partial charge in [0.2, 0.25) is 11.8 Å². The molecule has 2 N–H and O–H groups in total. The average Bonchev–Trinajstić information content (AvgIpc) is 2.91. The van der Waals surface area contributed by atoms with E-state index >= 15 is 0 Å². The van der Waals surface area contributed by atoms with E-state index in [9.17, 15) is 4.79 Å². The summed E-state index contributed by atoms with van der Waals surface area (Å²) in [4.78, 5) is 29.2. The highest BCUT2D eigenvalue weighted by atomic mass is 16.5. The van der Waals surface area contributed by atoms with Crippen LogP contribution in [0.15, 0.2) is 42.6 Å². The number of fused-ring (bicyclic) bond motifs is 1. The Morgan fingerprint density at radius 3 is 2.46 bits per heavy atom. The lowest BCUT2D eigenvalue weighted by Crippen LogP contribution is -2.40. The molecule has 0 unspecified atom stereocenters. The molecule has 194 valence electrons. The highest BCUT2D eigenvalue weighted by Gasteiger charge is 2.26. The number of pyridine rings is 1. The van der Waals surface area contributed by atoms with Gasteiger partial charge in [0, 0.05) is 37.9 Å². The quantitative estimate of drug-likeness (QED) is 0.468. The van der Waals surface area contributed by atoms with E-state index in [1.165, 1.54) is 24.1 Å². The second kappa shape index (κ2) is 11.2. The summed E-state index contributed by atoms with van der Waals surface area (Å²) in [6.45, 7) is 2.02. The number of ether oxygens (including phenoxy) is 1. The molecule has 2 heterocycles. The van der Waals surface area contributed by atoms with Crippen LogP contribution in [0.2, 0.25) is 0 Å². The smallest absolute Gasteiger partial charge is 0.257 e. The molecule has 2 aliphatic rings. The van der Waals surface area contributed by atoms with Crippen LogP contribution < -0.4 is 20.3 Å². The van der Waals surface area contributed by atoms with Crippen molar-refractivity contribution >= 4 is 17.7 Å². The van der Waals surface area contributed by atoms with Crippen LogP contribution in [0.4, 0.5) is 11.8 Å². The van der Waals surface area contributed by atoms with Gasteiger partial charge < -0.3 is 20.3 Å². The maximum absolute atomic E-state index is 13.1. The van der Waals surface area contributed by atoms with Gasteiger partial charge >= 0.3 is 0 Å². The van der Waals surface area contributed by atoms with Crippen molar-refractivity contribution in [2.75, 3.05) is 24.3 Å². The van der Waals surface area contributed by atoms with Crippen molar-refractivity contribution in [3.05, 3.63) is 65.0 Å². The zero-order valence-electron chi connectivity index (χ0n) is 22.0. The average molecular weight is 501 g/mol. The van der Waals surface area contributed by atoms with Gasteiger partial charge in [0.25, 0.3) is 5.91 Å². The molecule has 1 saturated carbocycles. The number of hydrogen-bond donors (Lipinski definition) is 2. The van der Waals surface area contributed by atoms with E-state index in [4.69, 9.17) is 14.7 Å². The number of carbonyl (C=O) groups excluding carboxylic acids is 1. The van der Waals surface area contributed by atoms with Gasteiger partial charge in [-0.2, -0.15) is 4.98 Å². The van der Waals surface area contributed by atoms with E-state index in [1.807, 2.05) is 45.3 Å². The first-order valence-corrected chi connectivity index (χ1v) is 13.3. The fraction of sp³-hybridized carbons (Fsp3) is 0.448. The number of nitrogens with zero attached hydrogens (tertiary/aromatic N) is 4. The Morgan fingerprint density at radius 1 is 0.973 bits per heavy atom. The van der Waals surface area contributed by atoms with E-state index < -0.39 is 0 Å². The van der Waals surface area contributed by atoms with Crippen LogP contribution in [-0.4, -0.2) is 47.0 Å². The standard InChI is InChI=1S/C29H36N6O2/c1-19-10-16-22(17-11-19)37-28-24(8-6-18-30-28)27(36)31-20-12-14-21(15-13-20)32-29-33-25-9-5-4-7-23(25)26(34-29)35(2)3/h6,8,10-11,16-18,20-21H,4-5,7,9,12-15H2,1-3H3,(H,31,36)(H,32,33,34). The van der Waals surface area contributed by atoms with E-state index in [0.29, 0.717) is 23.2 Å². The van der Waals surface area contributed by atoms with Crippen molar-refractivity contribution < 1.29 is 9.53 Å². The van der Waals surface area contributed by atoms with Crippen LogP contribution >= 0.6 is 0 Å². The summed E-state index contributed by atoms with van der Waals surface area (Å²) in [6, 6.07) is 11.6. The van der Waals surface area contributed by atoms with Gasteiger partial charge in [-0.25, -0.2) is 9.97 Å². The topological polar surface area (TPSA) is 92.3 Å². The summed E-state index contributed by atoms with van der Waals surface area (Å²) >= 11 is 0. The van der Waals surface area contributed by atoms with E-state index in [-0.39, 0.29) is 11.9 Å². The molecule has 1 fully saturated rings. The molecule has 8 nitrogen and oxygen atoms in total. The van der Waals surface area contributed by atoms with Gasteiger partial charge in [-0.15, -0.1) is 0 Å². The molecule has 8 heteroatoms. The highest BCUT2D eigenvalue weighted by Crippen LogP contribution is 2.30. The first-order chi connectivity index (χ1) is 18.0. The second-order valence-corrected chi connectivity index (χ2v) is 10.3. The zero-order chi connectivity index (χ0) is 25.8. The molecule has 0 aliphatic heterocycles. The summed E-state index contributed by atoms with van der Waals surface area (Å²) in [6.07, 6.45) is 9.80. The Labute approximate surface area is 218 Å². The first-order valence-electron chi connectivity index (χ1n) is 13.3. The van der Waals surface area contributed by atoms with Crippen molar-refractivity contribution in [2.45, 2.75) is 70.4 Å². The van der Waals surface area contributed by atoms with E-state index in [0.717, 1.165) is 55.9 Å². The predicted molar refractivity (Wildman–Crippen MR) is 146 cm³/mol. The lowest BCUT2D eigenvalue weighted by atomic mass is 9.91. The SMILES string of the molecule is Cc1ccc(Oc2ncccc2C(=O)NC2CCC(Nc3nc4c(c(N(C)C)n3)CCCC4)CC2)cc1. The van der Waals surface area contributed by atoms with Crippen molar-refractivity contribution in [3.8, 4) is 11.6 Å². The largest absolute Gasteiger partial charge is 0.438 e. The minimum Gasteiger partial charge on any atom is -0.438 e. The molecule has 3 aromatic rings. The lowest BCUT2D eigenvalue weighted by molar-refractivity contribution is 0.0923. The molecule has 1 amide bonds. The molecule has 37 heavy (non-hydrogen) atoms. The van der Waals surface area contributed by atoms with Crippen molar-refractivity contribution in [2.24, 2.45) is 0 Å². The minimum absolute atomic E-state index is 0.111. The summed E-state index contributed by atoms with van der Waals surface area (Å²) in [5.41, 5.74) is 4.08. The summed E-state index contributed by atoms with van der Waals surface area (Å²) in [5, 5.41) is 6.78. The maximum atomic E-state index is 13.1. The molecule has 2 aromatic heterocycles. The number of hydrogen-bond acceptors (Lipinski definition) is 7. The molecule has 0 spiro atoms. The summed E-state index contributed by atoms with van der Waals surface area (Å²) < 4.78 is 5.92. The van der Waals surface area contributed by atoms with Gasteiger partial charge in [0.05, 0.1) is 5.69 Å². The molecule has 5 rings (SSSR count). The van der Waals surface area contributed by atoms with Crippen LogP contribution in [0.5, 0.6) is 11.6 Å². The van der Waals surface area contributed by atoms with E-state index in [1.54, 1.807) is 18.3 Å².